The van der Waals surface area contributed by atoms with Crippen LogP contribution in [0.5, 0.6) is 11.5 Å². The minimum absolute atomic E-state index is 0.00248. The topological polar surface area (TPSA) is 147 Å². The van der Waals surface area contributed by atoms with E-state index < -0.39 is 11.9 Å². The van der Waals surface area contributed by atoms with Crippen molar-refractivity contribution in [2.75, 3.05) is 32.7 Å². The predicted molar refractivity (Wildman–Crippen MR) is 118 cm³/mol. The highest BCUT2D eigenvalue weighted by Crippen LogP contribution is 2.47. The van der Waals surface area contributed by atoms with Crippen molar-refractivity contribution in [3.05, 3.63) is 42.1 Å². The van der Waals surface area contributed by atoms with Gasteiger partial charge in [0, 0.05) is 18.5 Å². The Kier molecular flexibility index (Phi) is 6.44. The highest BCUT2D eigenvalue weighted by Gasteiger charge is 2.45. The van der Waals surface area contributed by atoms with E-state index in [2.05, 4.69) is 30.8 Å². The number of anilines is 2. The third kappa shape index (κ3) is 4.98. The van der Waals surface area contributed by atoms with Crippen molar-refractivity contribution in [1.82, 2.24) is 25.5 Å². The number of aromatic amines is 1. The number of rotatable bonds is 9. The molecule has 0 radical (unpaired) electrons. The number of alkyl carbamates (subject to hydrolysis) is 1. The quantitative estimate of drug-likeness (QED) is 0.432. The number of carbonyl (C=O) groups is 1. The highest BCUT2D eigenvalue weighted by molar-refractivity contribution is 5.76. The summed E-state index contributed by atoms with van der Waals surface area (Å²) in [4.78, 5) is 19.5. The number of nitriles is 1. The number of ether oxygens (including phenoxy) is 3. The Balaban J connectivity index is 1.55. The van der Waals surface area contributed by atoms with Crippen LogP contribution in [0.2, 0.25) is 0 Å². The van der Waals surface area contributed by atoms with Gasteiger partial charge in [0.2, 0.25) is 0 Å². The van der Waals surface area contributed by atoms with Gasteiger partial charge in [0.25, 0.3) is 0 Å². The van der Waals surface area contributed by atoms with Gasteiger partial charge >= 0.3 is 6.09 Å². The van der Waals surface area contributed by atoms with E-state index in [1.165, 1.54) is 38.7 Å². The minimum atomic E-state index is -0.559. The molecular weight excluding hydrogens is 445 g/mol. The maximum Gasteiger partial charge on any atom is 0.406 e. The molecule has 11 nitrogen and oxygen atoms in total. The average Bonchev–Trinajstić information content (AvgIpc) is 3.49. The second kappa shape index (κ2) is 9.62. The van der Waals surface area contributed by atoms with Crippen molar-refractivity contribution in [2.24, 2.45) is 5.41 Å². The SMILES string of the molecule is CNC(=O)OCC1(COc2ccc(F)c(OC)c2-c2cc(Nc3cnc(C#N)cn3)n[nH]2)CC1. The van der Waals surface area contributed by atoms with Crippen molar-refractivity contribution in [1.29, 1.82) is 5.26 Å². The summed E-state index contributed by atoms with van der Waals surface area (Å²) >= 11 is 0. The number of hydrogen-bond donors (Lipinski definition) is 3. The smallest absolute Gasteiger partial charge is 0.406 e. The summed E-state index contributed by atoms with van der Waals surface area (Å²) in [5.41, 5.74) is 0.716. The fourth-order valence-corrected chi connectivity index (χ4v) is 3.24. The van der Waals surface area contributed by atoms with Crippen LogP contribution in [-0.2, 0) is 4.74 Å². The van der Waals surface area contributed by atoms with Gasteiger partial charge in [-0.25, -0.2) is 19.2 Å². The molecule has 1 aliphatic rings. The first-order valence-electron chi connectivity index (χ1n) is 10.4. The predicted octanol–water partition coefficient (Wildman–Crippen LogP) is 3.14. The molecule has 12 heteroatoms. The van der Waals surface area contributed by atoms with Gasteiger partial charge in [-0.15, -0.1) is 0 Å². The first-order valence-corrected chi connectivity index (χ1v) is 10.4. The maximum atomic E-state index is 14.5. The third-order valence-electron chi connectivity index (χ3n) is 5.35. The van der Waals surface area contributed by atoms with Crippen molar-refractivity contribution in [3.63, 3.8) is 0 Å². The molecular formula is C22H22FN7O4. The number of aromatic nitrogens is 4. The lowest BCUT2D eigenvalue weighted by atomic mass is 10.1. The summed E-state index contributed by atoms with van der Waals surface area (Å²) in [6, 6.07) is 6.32. The molecule has 0 saturated heterocycles. The number of halogens is 1. The lowest BCUT2D eigenvalue weighted by Crippen LogP contribution is -2.26. The Labute approximate surface area is 194 Å². The van der Waals surface area contributed by atoms with Gasteiger partial charge in [0.05, 0.1) is 37.4 Å². The lowest BCUT2D eigenvalue weighted by molar-refractivity contribution is 0.101. The van der Waals surface area contributed by atoms with Crippen LogP contribution in [0.25, 0.3) is 11.3 Å². The molecule has 2 aromatic heterocycles. The van der Waals surface area contributed by atoms with Crippen LogP contribution >= 0.6 is 0 Å². The maximum absolute atomic E-state index is 14.5. The molecule has 1 amide bonds. The number of hydrogen-bond acceptors (Lipinski definition) is 9. The van der Waals surface area contributed by atoms with Crippen LogP contribution in [0.4, 0.5) is 20.8 Å². The van der Waals surface area contributed by atoms with Crippen molar-refractivity contribution < 1.29 is 23.4 Å². The standard InChI is InChI=1S/C22H22FN7O4/c1-25-21(31)34-12-22(5-6-22)11-33-16-4-3-14(23)20(32-2)19(16)15-7-17(30-29-15)28-18-10-26-13(8-24)9-27-18/h3-4,7,9-10H,5-6,11-12H2,1-2H3,(H,25,31)(H2,27,28,29,30). The Morgan fingerprint density at radius 1 is 1.26 bits per heavy atom. The molecule has 0 atom stereocenters. The minimum Gasteiger partial charge on any atom is -0.493 e. The molecule has 1 saturated carbocycles. The summed E-state index contributed by atoms with van der Waals surface area (Å²) in [7, 11) is 2.87. The van der Waals surface area contributed by atoms with E-state index in [0.717, 1.165) is 12.8 Å². The van der Waals surface area contributed by atoms with Crippen molar-refractivity contribution in [2.45, 2.75) is 12.8 Å². The summed E-state index contributed by atoms with van der Waals surface area (Å²) in [5.74, 6) is 0.599. The van der Waals surface area contributed by atoms with Crippen molar-refractivity contribution >= 4 is 17.7 Å². The largest absolute Gasteiger partial charge is 0.493 e. The van der Waals surface area contributed by atoms with Crippen LogP contribution in [0.1, 0.15) is 18.5 Å². The first-order chi connectivity index (χ1) is 16.5. The molecule has 4 rings (SSSR count). The Hall–Kier alpha value is -4.40. The van der Waals surface area contributed by atoms with E-state index >= 15 is 0 Å². The Morgan fingerprint density at radius 2 is 2.09 bits per heavy atom. The number of amides is 1. The number of nitrogens with one attached hydrogen (secondary N) is 3. The summed E-state index contributed by atoms with van der Waals surface area (Å²) in [6.45, 7) is 0.510. The zero-order valence-corrected chi connectivity index (χ0v) is 18.5. The monoisotopic (exact) mass is 467 g/mol. The van der Waals surface area contributed by atoms with Gasteiger partial charge in [-0.1, -0.05) is 0 Å². The van der Waals surface area contributed by atoms with Crippen LogP contribution < -0.4 is 20.1 Å². The van der Waals surface area contributed by atoms with Crippen molar-refractivity contribution in [3.8, 4) is 28.8 Å². The summed E-state index contributed by atoms with van der Waals surface area (Å²) in [6.07, 6.45) is 3.93. The molecule has 0 bridgehead atoms. The number of nitrogens with zero attached hydrogens (tertiary/aromatic N) is 4. The van der Waals surface area contributed by atoms with Crippen LogP contribution in [0.15, 0.2) is 30.6 Å². The molecule has 0 spiro atoms. The molecule has 0 aliphatic heterocycles. The number of methoxy groups -OCH3 is 1. The van der Waals surface area contributed by atoms with E-state index in [9.17, 15) is 9.18 Å². The molecule has 3 aromatic rings. The van der Waals surface area contributed by atoms with Gasteiger partial charge < -0.3 is 24.8 Å². The third-order valence-corrected chi connectivity index (χ3v) is 5.35. The molecule has 176 valence electrons. The Bertz CT molecular complexity index is 1220. The molecule has 1 fully saturated rings. The van der Waals surface area contributed by atoms with E-state index in [-0.39, 0.29) is 30.1 Å². The molecule has 34 heavy (non-hydrogen) atoms. The first kappa shape index (κ1) is 22.8. The molecule has 1 aliphatic carbocycles. The zero-order valence-electron chi connectivity index (χ0n) is 18.5. The molecule has 1 aromatic carbocycles. The Morgan fingerprint density at radius 3 is 2.74 bits per heavy atom. The van der Waals surface area contributed by atoms with E-state index in [4.69, 9.17) is 19.5 Å². The molecule has 3 N–H and O–H groups in total. The highest BCUT2D eigenvalue weighted by atomic mass is 19.1. The van der Waals surface area contributed by atoms with Crippen LogP contribution in [-0.4, -0.2) is 53.6 Å². The van der Waals surface area contributed by atoms with E-state index in [1.807, 2.05) is 6.07 Å². The summed E-state index contributed by atoms with van der Waals surface area (Å²) < 4.78 is 31.1. The second-order valence-corrected chi connectivity index (χ2v) is 7.76. The van der Waals surface area contributed by atoms with Gasteiger partial charge in [0.15, 0.2) is 23.1 Å². The van der Waals surface area contributed by atoms with Gasteiger partial charge in [-0.3, -0.25) is 5.10 Å². The fourth-order valence-electron chi connectivity index (χ4n) is 3.24. The van der Waals surface area contributed by atoms with Crippen LogP contribution in [0.3, 0.4) is 0 Å². The number of carbonyl (C=O) groups excluding carboxylic acids is 1. The zero-order chi connectivity index (χ0) is 24.1. The van der Waals surface area contributed by atoms with Gasteiger partial charge in [-0.05, 0) is 25.0 Å². The summed E-state index contributed by atoms with van der Waals surface area (Å²) in [5, 5.41) is 21.3. The van der Waals surface area contributed by atoms with Gasteiger partial charge in [-0.2, -0.15) is 10.4 Å². The normalized spacial score (nSPS) is 13.5. The lowest BCUT2D eigenvalue weighted by Gasteiger charge is -2.19. The van der Waals surface area contributed by atoms with E-state index in [0.29, 0.717) is 28.6 Å². The van der Waals surface area contributed by atoms with Gasteiger partial charge in [0.1, 0.15) is 24.2 Å². The van der Waals surface area contributed by atoms with E-state index in [1.54, 1.807) is 6.07 Å². The number of benzene rings is 1. The second-order valence-electron chi connectivity index (χ2n) is 7.76. The molecule has 2 heterocycles. The number of H-pyrrole nitrogens is 1. The van der Waals surface area contributed by atoms with Crippen LogP contribution in [0, 0.1) is 22.6 Å². The average molecular weight is 467 g/mol. The fraction of sp³-hybridized carbons (Fsp3) is 0.318. The molecule has 0 unspecified atom stereocenters.